The summed E-state index contributed by atoms with van der Waals surface area (Å²) in [6.07, 6.45) is 12.1. The lowest BCUT2D eigenvalue weighted by molar-refractivity contribution is 0.667. The molecule has 1 aliphatic heterocycles. The van der Waals surface area contributed by atoms with E-state index in [2.05, 4.69) is 224 Å². The van der Waals surface area contributed by atoms with Crippen LogP contribution in [0.1, 0.15) is 98.6 Å². The summed E-state index contributed by atoms with van der Waals surface area (Å²) in [7, 11) is 0. The zero-order chi connectivity index (χ0) is 46.6. The molecule has 0 saturated carbocycles. The minimum absolute atomic E-state index is 0.592. The van der Waals surface area contributed by atoms with Crippen LogP contribution in [-0.4, -0.2) is 19.5 Å². The van der Waals surface area contributed by atoms with Crippen molar-refractivity contribution >= 4 is 38.9 Å². The average Bonchev–Trinajstić information content (AvgIpc) is 3.74. The molecule has 5 heteroatoms. The monoisotopic (exact) mass is 897 g/mol. The normalized spacial score (nSPS) is 12.9. The Bertz CT molecular complexity index is 3230. The maximum Gasteiger partial charge on any atom is 0.238 e. The van der Waals surface area contributed by atoms with Crippen molar-refractivity contribution in [3.8, 4) is 28.7 Å². The zero-order valence-electron chi connectivity index (χ0n) is 39.9. The summed E-state index contributed by atoms with van der Waals surface area (Å²) >= 11 is 0. The predicted octanol–water partition coefficient (Wildman–Crippen LogP) is 16.7. The molecule has 0 bridgehead atoms. The van der Waals surface area contributed by atoms with Gasteiger partial charge in [-0.3, -0.25) is 4.57 Å². The van der Waals surface area contributed by atoms with E-state index < -0.39 is 5.41 Å². The zero-order valence-corrected chi connectivity index (χ0v) is 39.9. The van der Waals surface area contributed by atoms with E-state index in [1.807, 2.05) is 0 Å². The first-order valence-corrected chi connectivity index (χ1v) is 25.2. The maximum atomic E-state index is 5.46. The fourth-order valence-corrected chi connectivity index (χ4v) is 10.9. The van der Waals surface area contributed by atoms with Crippen molar-refractivity contribution in [3.63, 3.8) is 0 Å². The highest BCUT2D eigenvalue weighted by molar-refractivity contribution is 6.12. The molecule has 5 nitrogen and oxygen atoms in total. The minimum atomic E-state index is -0.679. The van der Waals surface area contributed by atoms with Gasteiger partial charge in [-0.1, -0.05) is 216 Å². The summed E-state index contributed by atoms with van der Waals surface area (Å²) in [6.45, 7) is 4.53. The van der Waals surface area contributed by atoms with Gasteiger partial charge in [-0.05, 0) is 95.5 Å². The molecular formula is C64H59N5. The van der Waals surface area contributed by atoms with Gasteiger partial charge in [0.1, 0.15) is 0 Å². The maximum absolute atomic E-state index is 5.46. The molecule has 8 aromatic carbocycles. The van der Waals surface area contributed by atoms with Crippen LogP contribution in [0.2, 0.25) is 0 Å². The largest absolute Gasteiger partial charge is 0.310 e. The number of aryl methyl sites for hydroxylation is 2. The van der Waals surface area contributed by atoms with Crippen LogP contribution in [-0.2, 0) is 18.3 Å². The lowest BCUT2D eigenvalue weighted by Crippen LogP contribution is -2.37. The van der Waals surface area contributed by atoms with Crippen LogP contribution >= 0.6 is 0 Å². The standard InChI is InChI=1S/C64H59N5/c1-3-5-7-12-24-46-36-40-48(41-37-46)61-65-62(49-42-38-47(39-43-49)25-13-8-6-4-2)67-63(66-61)69-57-34-22-20-32-53(57)54-44-60-56(45-59(54)69)64(50-26-14-9-15-27-50,51-28-16-10-17-29-51)55-33-21-23-35-58(55)68(60)52-30-18-11-19-31-52/h9-11,14-23,26-45H,3-8,12-13,24-25H2,1-2H3. The van der Waals surface area contributed by atoms with Gasteiger partial charge in [0, 0.05) is 27.6 Å². The van der Waals surface area contributed by atoms with Gasteiger partial charge in [0.25, 0.3) is 0 Å². The van der Waals surface area contributed by atoms with E-state index in [0.717, 1.165) is 62.8 Å². The molecule has 0 aliphatic carbocycles. The van der Waals surface area contributed by atoms with Crippen LogP contribution in [0.4, 0.5) is 17.1 Å². The lowest BCUT2D eigenvalue weighted by Gasteiger charge is -2.46. The topological polar surface area (TPSA) is 46.8 Å². The third-order valence-electron chi connectivity index (χ3n) is 14.3. The van der Waals surface area contributed by atoms with E-state index in [1.165, 1.54) is 84.7 Å². The van der Waals surface area contributed by atoms with E-state index in [9.17, 15) is 0 Å². The van der Waals surface area contributed by atoms with E-state index in [-0.39, 0.29) is 0 Å². The van der Waals surface area contributed by atoms with Crippen molar-refractivity contribution in [2.75, 3.05) is 4.90 Å². The molecule has 0 amide bonds. The van der Waals surface area contributed by atoms with Gasteiger partial charge < -0.3 is 4.90 Å². The molecule has 340 valence electrons. The molecule has 0 radical (unpaired) electrons. The van der Waals surface area contributed by atoms with E-state index >= 15 is 0 Å². The second kappa shape index (κ2) is 19.5. The summed E-state index contributed by atoms with van der Waals surface area (Å²) in [4.78, 5) is 18.6. The van der Waals surface area contributed by atoms with Gasteiger partial charge in [-0.25, -0.2) is 4.98 Å². The third kappa shape index (κ3) is 8.20. The summed E-state index contributed by atoms with van der Waals surface area (Å²) < 4.78 is 2.29. The quantitative estimate of drug-likeness (QED) is 0.0907. The molecule has 69 heavy (non-hydrogen) atoms. The molecule has 0 spiro atoms. The Morgan fingerprint density at radius 1 is 0.406 bits per heavy atom. The molecule has 3 heterocycles. The van der Waals surface area contributed by atoms with Crippen molar-refractivity contribution in [3.05, 3.63) is 234 Å². The van der Waals surface area contributed by atoms with Gasteiger partial charge in [-0.15, -0.1) is 0 Å². The molecule has 0 saturated heterocycles. The number of hydrogen-bond acceptors (Lipinski definition) is 4. The molecule has 0 unspecified atom stereocenters. The second-order valence-electron chi connectivity index (χ2n) is 18.7. The van der Waals surface area contributed by atoms with Gasteiger partial charge in [0.15, 0.2) is 11.6 Å². The Balaban J connectivity index is 1.17. The van der Waals surface area contributed by atoms with Gasteiger partial charge in [0.05, 0.1) is 27.8 Å². The average molecular weight is 898 g/mol. The van der Waals surface area contributed by atoms with Crippen LogP contribution in [0.5, 0.6) is 0 Å². The van der Waals surface area contributed by atoms with E-state index in [1.54, 1.807) is 0 Å². The van der Waals surface area contributed by atoms with Gasteiger partial charge in [-0.2, -0.15) is 9.97 Å². The summed E-state index contributed by atoms with van der Waals surface area (Å²) in [6, 6.07) is 73.3. The highest BCUT2D eigenvalue weighted by Gasteiger charge is 2.47. The van der Waals surface area contributed by atoms with E-state index in [4.69, 9.17) is 15.0 Å². The number of fused-ring (bicyclic) bond motifs is 5. The second-order valence-corrected chi connectivity index (χ2v) is 18.7. The van der Waals surface area contributed by atoms with Crippen molar-refractivity contribution in [1.29, 1.82) is 0 Å². The molecule has 0 N–H and O–H groups in total. The Hall–Kier alpha value is -7.63. The Labute approximate surface area is 407 Å². The SMILES string of the molecule is CCCCCCc1ccc(-c2nc(-c3ccc(CCCCCC)cc3)nc(-n3c4ccccc4c4cc5c(cc43)C(c3ccccc3)(c3ccccc3)c3ccccc3N5c3ccccc3)n2)cc1. The van der Waals surface area contributed by atoms with Crippen LogP contribution in [0.3, 0.4) is 0 Å². The third-order valence-corrected chi connectivity index (χ3v) is 14.3. The van der Waals surface area contributed by atoms with Crippen LogP contribution < -0.4 is 4.90 Å². The molecule has 10 aromatic rings. The molecule has 0 atom stereocenters. The number of para-hydroxylation sites is 3. The minimum Gasteiger partial charge on any atom is -0.310 e. The van der Waals surface area contributed by atoms with E-state index in [0.29, 0.717) is 17.6 Å². The van der Waals surface area contributed by atoms with Gasteiger partial charge in [0.2, 0.25) is 5.95 Å². The van der Waals surface area contributed by atoms with Gasteiger partial charge >= 0.3 is 0 Å². The number of anilines is 3. The number of unbranched alkanes of at least 4 members (excludes halogenated alkanes) is 6. The van der Waals surface area contributed by atoms with Crippen LogP contribution in [0, 0.1) is 0 Å². The summed E-state index contributed by atoms with van der Waals surface area (Å²) in [5.41, 5.74) is 14.2. The molecule has 1 aliphatic rings. The highest BCUT2D eigenvalue weighted by atomic mass is 15.2. The summed E-state index contributed by atoms with van der Waals surface area (Å²) in [5.74, 6) is 1.91. The van der Waals surface area contributed by atoms with Crippen molar-refractivity contribution in [2.45, 2.75) is 83.5 Å². The lowest BCUT2D eigenvalue weighted by atomic mass is 9.62. The fraction of sp³-hybridized carbons (Fsp3) is 0.203. The first-order valence-electron chi connectivity index (χ1n) is 25.2. The predicted molar refractivity (Wildman–Crippen MR) is 287 cm³/mol. The molecular weight excluding hydrogens is 839 g/mol. The Kier molecular flexibility index (Phi) is 12.4. The van der Waals surface area contributed by atoms with Crippen LogP contribution in [0.25, 0.3) is 50.5 Å². The molecule has 11 rings (SSSR count). The summed E-state index contributed by atoms with van der Waals surface area (Å²) in [5, 5.41) is 2.26. The number of benzene rings is 8. The first kappa shape index (κ1) is 43.9. The number of aromatic nitrogens is 4. The Morgan fingerprint density at radius 3 is 1.51 bits per heavy atom. The van der Waals surface area contributed by atoms with Crippen LogP contribution in [0.15, 0.2) is 200 Å². The number of nitrogens with zero attached hydrogens (tertiary/aromatic N) is 5. The van der Waals surface area contributed by atoms with Crippen molar-refractivity contribution in [1.82, 2.24) is 19.5 Å². The number of hydrogen-bond donors (Lipinski definition) is 0. The first-order chi connectivity index (χ1) is 34.1. The smallest absolute Gasteiger partial charge is 0.238 e. The molecule has 0 fully saturated rings. The molecule has 2 aromatic heterocycles. The van der Waals surface area contributed by atoms with Crippen molar-refractivity contribution in [2.24, 2.45) is 0 Å². The highest BCUT2D eigenvalue weighted by Crippen LogP contribution is 2.58. The fourth-order valence-electron chi connectivity index (χ4n) is 10.9. The number of rotatable bonds is 16. The Morgan fingerprint density at radius 2 is 0.928 bits per heavy atom. The van der Waals surface area contributed by atoms with Crippen molar-refractivity contribution < 1.29 is 0 Å².